The lowest BCUT2D eigenvalue weighted by atomic mass is 9.76. The van der Waals surface area contributed by atoms with Crippen molar-refractivity contribution < 1.29 is 18.9 Å². The van der Waals surface area contributed by atoms with E-state index in [1.165, 1.54) is 0 Å². The molecule has 4 heteroatoms. The number of methoxy groups -OCH3 is 4. The molecule has 17 heavy (non-hydrogen) atoms. The van der Waals surface area contributed by atoms with Gasteiger partial charge in [-0.1, -0.05) is 0 Å². The molecule has 0 radical (unpaired) electrons. The summed E-state index contributed by atoms with van der Waals surface area (Å²) in [6.45, 7) is 3.10. The van der Waals surface area contributed by atoms with Gasteiger partial charge in [0, 0.05) is 54.9 Å². The van der Waals surface area contributed by atoms with E-state index in [2.05, 4.69) is 0 Å². The van der Waals surface area contributed by atoms with Crippen LogP contribution in [0.15, 0.2) is 0 Å². The fraction of sp³-hybridized carbons (Fsp3) is 1.00. The van der Waals surface area contributed by atoms with E-state index >= 15 is 0 Å². The zero-order valence-electron chi connectivity index (χ0n) is 11.8. The second-order valence-corrected chi connectivity index (χ2v) is 4.47. The Hall–Kier alpha value is -0.160. The molecule has 0 N–H and O–H groups in total. The van der Waals surface area contributed by atoms with E-state index in [0.29, 0.717) is 0 Å². The molecule has 0 fully saturated rings. The van der Waals surface area contributed by atoms with Crippen LogP contribution in [-0.4, -0.2) is 54.9 Å². The molecular weight excluding hydrogens is 220 g/mol. The van der Waals surface area contributed by atoms with Crippen molar-refractivity contribution in [3.63, 3.8) is 0 Å². The van der Waals surface area contributed by atoms with E-state index in [-0.39, 0.29) is 5.41 Å². The van der Waals surface area contributed by atoms with Gasteiger partial charge in [-0.05, 0) is 31.1 Å². The highest BCUT2D eigenvalue weighted by Gasteiger charge is 2.29. The van der Waals surface area contributed by atoms with Crippen molar-refractivity contribution in [3.8, 4) is 0 Å². The van der Waals surface area contributed by atoms with E-state index in [1.54, 1.807) is 28.4 Å². The monoisotopic (exact) mass is 248 g/mol. The minimum absolute atomic E-state index is 0.206. The molecule has 0 atom stereocenters. The van der Waals surface area contributed by atoms with Crippen LogP contribution in [0.3, 0.4) is 0 Å². The van der Waals surface area contributed by atoms with Gasteiger partial charge in [-0.3, -0.25) is 0 Å². The molecule has 0 saturated carbocycles. The molecule has 0 bridgehead atoms. The van der Waals surface area contributed by atoms with Gasteiger partial charge in [0.25, 0.3) is 0 Å². The lowest BCUT2D eigenvalue weighted by Gasteiger charge is -2.33. The Bertz CT molecular complexity index is 124. The van der Waals surface area contributed by atoms with Crippen LogP contribution in [0.25, 0.3) is 0 Å². The van der Waals surface area contributed by atoms with Gasteiger partial charge in [-0.25, -0.2) is 0 Å². The Balaban J connectivity index is 4.39. The molecule has 0 saturated heterocycles. The van der Waals surface area contributed by atoms with Gasteiger partial charge in [0.05, 0.1) is 0 Å². The van der Waals surface area contributed by atoms with E-state index in [9.17, 15) is 0 Å². The predicted octanol–water partition coefficient (Wildman–Crippen LogP) is 2.12. The maximum atomic E-state index is 5.21. The summed E-state index contributed by atoms with van der Waals surface area (Å²) in [7, 11) is 6.98. The lowest BCUT2D eigenvalue weighted by Crippen LogP contribution is -2.28. The molecule has 4 nitrogen and oxygen atoms in total. The summed E-state index contributed by atoms with van der Waals surface area (Å²) < 4.78 is 20.9. The van der Waals surface area contributed by atoms with Gasteiger partial charge in [0.2, 0.25) is 0 Å². The third-order valence-electron chi connectivity index (χ3n) is 3.35. The zero-order valence-corrected chi connectivity index (χ0v) is 11.8. The summed E-state index contributed by atoms with van der Waals surface area (Å²) in [5.41, 5.74) is 0.206. The molecule has 0 amide bonds. The van der Waals surface area contributed by atoms with Crippen LogP contribution >= 0.6 is 0 Å². The largest absolute Gasteiger partial charge is 0.385 e. The predicted molar refractivity (Wildman–Crippen MR) is 68.4 cm³/mol. The van der Waals surface area contributed by atoms with Crippen molar-refractivity contribution in [2.45, 2.75) is 25.7 Å². The van der Waals surface area contributed by atoms with Crippen molar-refractivity contribution in [2.75, 3.05) is 54.9 Å². The molecule has 0 aromatic heterocycles. The highest BCUT2D eigenvalue weighted by atomic mass is 16.5. The summed E-state index contributed by atoms with van der Waals surface area (Å²) >= 11 is 0. The fourth-order valence-electron chi connectivity index (χ4n) is 2.02. The SMILES string of the molecule is COCCC(CCOC)(CCOC)CCOC. The Morgan fingerprint density at radius 3 is 0.941 bits per heavy atom. The Morgan fingerprint density at radius 1 is 0.529 bits per heavy atom. The first kappa shape index (κ1) is 16.8. The third kappa shape index (κ3) is 7.71. The molecular formula is C13H28O4. The zero-order chi connectivity index (χ0) is 13.0. The van der Waals surface area contributed by atoms with E-state index in [1.807, 2.05) is 0 Å². The molecule has 0 aliphatic carbocycles. The van der Waals surface area contributed by atoms with Crippen molar-refractivity contribution in [3.05, 3.63) is 0 Å². The second kappa shape index (κ2) is 11.0. The maximum Gasteiger partial charge on any atom is 0.0467 e. The first-order valence-electron chi connectivity index (χ1n) is 6.20. The van der Waals surface area contributed by atoms with Gasteiger partial charge >= 0.3 is 0 Å². The second-order valence-electron chi connectivity index (χ2n) is 4.47. The van der Waals surface area contributed by atoms with Crippen LogP contribution in [-0.2, 0) is 18.9 Å². The minimum Gasteiger partial charge on any atom is -0.385 e. The van der Waals surface area contributed by atoms with Crippen LogP contribution in [0.5, 0.6) is 0 Å². The number of hydrogen-bond acceptors (Lipinski definition) is 4. The number of rotatable bonds is 12. The quantitative estimate of drug-likeness (QED) is 0.530. The Morgan fingerprint density at radius 2 is 0.765 bits per heavy atom. The summed E-state index contributed by atoms with van der Waals surface area (Å²) in [6, 6.07) is 0. The average Bonchev–Trinajstić information content (AvgIpc) is 2.37. The highest BCUT2D eigenvalue weighted by Crippen LogP contribution is 2.35. The first-order valence-corrected chi connectivity index (χ1v) is 6.20. The third-order valence-corrected chi connectivity index (χ3v) is 3.35. The van der Waals surface area contributed by atoms with Gasteiger partial charge in [-0.2, -0.15) is 0 Å². The van der Waals surface area contributed by atoms with Crippen molar-refractivity contribution in [2.24, 2.45) is 5.41 Å². The van der Waals surface area contributed by atoms with Gasteiger partial charge < -0.3 is 18.9 Å². The van der Waals surface area contributed by atoms with E-state index in [0.717, 1.165) is 52.1 Å². The summed E-state index contributed by atoms with van der Waals surface area (Å²) in [5, 5.41) is 0. The van der Waals surface area contributed by atoms with E-state index in [4.69, 9.17) is 18.9 Å². The highest BCUT2D eigenvalue weighted by molar-refractivity contribution is 4.79. The van der Waals surface area contributed by atoms with Gasteiger partial charge in [-0.15, -0.1) is 0 Å². The van der Waals surface area contributed by atoms with E-state index < -0.39 is 0 Å². The fourth-order valence-corrected chi connectivity index (χ4v) is 2.02. The van der Waals surface area contributed by atoms with Crippen molar-refractivity contribution in [1.82, 2.24) is 0 Å². The molecule has 104 valence electrons. The molecule has 0 aliphatic heterocycles. The molecule has 0 spiro atoms. The van der Waals surface area contributed by atoms with Gasteiger partial charge in [0.15, 0.2) is 0 Å². The molecule has 0 heterocycles. The topological polar surface area (TPSA) is 36.9 Å². The molecule has 0 aliphatic rings. The average molecular weight is 248 g/mol. The molecule has 0 aromatic carbocycles. The minimum atomic E-state index is 0.206. The van der Waals surface area contributed by atoms with Crippen LogP contribution in [0, 0.1) is 5.41 Å². The summed E-state index contributed by atoms with van der Waals surface area (Å²) in [5.74, 6) is 0. The lowest BCUT2D eigenvalue weighted by molar-refractivity contribution is 0.0366. The molecule has 0 aromatic rings. The normalized spacial score (nSPS) is 12.0. The summed E-state index contributed by atoms with van der Waals surface area (Å²) in [6.07, 6.45) is 4.11. The maximum absolute atomic E-state index is 5.21. The van der Waals surface area contributed by atoms with Crippen LogP contribution in [0.4, 0.5) is 0 Å². The number of hydrogen-bond donors (Lipinski definition) is 0. The molecule has 0 rings (SSSR count). The van der Waals surface area contributed by atoms with Gasteiger partial charge in [0.1, 0.15) is 0 Å². The molecule has 0 unspecified atom stereocenters. The van der Waals surface area contributed by atoms with Crippen molar-refractivity contribution >= 4 is 0 Å². The summed E-state index contributed by atoms with van der Waals surface area (Å²) in [4.78, 5) is 0. The van der Waals surface area contributed by atoms with Crippen LogP contribution < -0.4 is 0 Å². The first-order chi connectivity index (χ1) is 8.24. The van der Waals surface area contributed by atoms with Crippen molar-refractivity contribution in [1.29, 1.82) is 0 Å². The smallest absolute Gasteiger partial charge is 0.0467 e. The Labute approximate surface area is 106 Å². The van der Waals surface area contributed by atoms with Crippen LogP contribution in [0.2, 0.25) is 0 Å². The van der Waals surface area contributed by atoms with Crippen LogP contribution in [0.1, 0.15) is 25.7 Å². The number of ether oxygens (including phenoxy) is 4. The Kier molecular flexibility index (Phi) is 10.9. The standard InChI is InChI=1S/C13H28O4/c1-14-9-5-13(6-10-15-2,7-11-16-3)8-12-17-4/h5-12H2,1-4H3.